The first-order valence-corrected chi connectivity index (χ1v) is 7.38. The van der Waals surface area contributed by atoms with Crippen molar-refractivity contribution in [1.29, 1.82) is 0 Å². The number of amides is 1. The Morgan fingerprint density at radius 2 is 2.26 bits per heavy atom. The number of rotatable bonds is 4. The van der Waals surface area contributed by atoms with E-state index in [1.807, 2.05) is 11.4 Å². The summed E-state index contributed by atoms with van der Waals surface area (Å²) in [4.78, 5) is 18.7. The summed E-state index contributed by atoms with van der Waals surface area (Å²) in [7, 11) is 3.45. The van der Waals surface area contributed by atoms with E-state index in [1.54, 1.807) is 37.7 Å². The number of anilines is 1. The number of nitrogens with one attached hydrogen (secondary N) is 1. The van der Waals surface area contributed by atoms with Crippen LogP contribution in [0.5, 0.6) is 0 Å². The van der Waals surface area contributed by atoms with Crippen molar-refractivity contribution in [2.24, 2.45) is 0 Å². The fourth-order valence-electron chi connectivity index (χ4n) is 1.51. The monoisotopic (exact) mass is 339 g/mol. The van der Waals surface area contributed by atoms with Crippen LogP contribution < -0.4 is 5.32 Å². The van der Waals surface area contributed by atoms with Crippen LogP contribution in [-0.4, -0.2) is 29.9 Å². The minimum atomic E-state index is -0.0405. The largest absolute Gasteiger partial charge is 0.365 e. The maximum Gasteiger partial charge on any atom is 0.254 e. The maximum absolute atomic E-state index is 11.7. The van der Waals surface area contributed by atoms with Crippen LogP contribution in [-0.2, 0) is 6.54 Å². The zero-order valence-corrected chi connectivity index (χ0v) is 13.1. The summed E-state index contributed by atoms with van der Waals surface area (Å²) in [6.45, 7) is 0.726. The van der Waals surface area contributed by atoms with Crippen LogP contribution >= 0.6 is 27.3 Å². The molecule has 0 aliphatic carbocycles. The lowest BCUT2D eigenvalue weighted by molar-refractivity contribution is 0.0827. The fourth-order valence-corrected chi connectivity index (χ4v) is 2.90. The van der Waals surface area contributed by atoms with Crippen molar-refractivity contribution in [2.75, 3.05) is 19.4 Å². The molecule has 0 saturated heterocycles. The second kappa shape index (κ2) is 6.16. The minimum Gasteiger partial charge on any atom is -0.365 e. The normalized spacial score (nSPS) is 10.3. The van der Waals surface area contributed by atoms with Crippen LogP contribution in [0.25, 0.3) is 0 Å². The van der Waals surface area contributed by atoms with E-state index in [-0.39, 0.29) is 5.91 Å². The molecule has 0 unspecified atom stereocenters. The molecule has 100 valence electrons. The molecule has 0 atom stereocenters. The van der Waals surface area contributed by atoms with E-state index in [4.69, 9.17) is 0 Å². The highest BCUT2D eigenvalue weighted by atomic mass is 79.9. The van der Waals surface area contributed by atoms with Gasteiger partial charge in [0.1, 0.15) is 5.82 Å². The van der Waals surface area contributed by atoms with Gasteiger partial charge in [0.15, 0.2) is 0 Å². The molecule has 1 N–H and O–H groups in total. The third-order valence-corrected chi connectivity index (χ3v) is 4.18. The number of aromatic nitrogens is 1. The van der Waals surface area contributed by atoms with Gasteiger partial charge in [-0.2, -0.15) is 0 Å². The van der Waals surface area contributed by atoms with Gasteiger partial charge in [-0.3, -0.25) is 4.79 Å². The Labute approximate surface area is 124 Å². The number of halogens is 1. The van der Waals surface area contributed by atoms with E-state index >= 15 is 0 Å². The molecule has 4 nitrogen and oxygen atoms in total. The summed E-state index contributed by atoms with van der Waals surface area (Å²) in [5.74, 6) is 0.723. The van der Waals surface area contributed by atoms with Crippen molar-refractivity contribution in [1.82, 2.24) is 9.88 Å². The topological polar surface area (TPSA) is 45.2 Å². The predicted molar refractivity (Wildman–Crippen MR) is 81.6 cm³/mol. The van der Waals surface area contributed by atoms with Crippen molar-refractivity contribution < 1.29 is 4.79 Å². The third kappa shape index (κ3) is 3.78. The second-order valence-corrected chi connectivity index (χ2v) is 6.13. The number of nitrogens with zero attached hydrogens (tertiary/aromatic N) is 2. The van der Waals surface area contributed by atoms with E-state index in [0.29, 0.717) is 5.56 Å². The van der Waals surface area contributed by atoms with Gasteiger partial charge in [-0.1, -0.05) is 0 Å². The number of pyridine rings is 1. The third-order valence-electron chi connectivity index (χ3n) is 2.48. The highest BCUT2D eigenvalue weighted by molar-refractivity contribution is 9.10. The number of hydrogen-bond acceptors (Lipinski definition) is 4. The molecule has 19 heavy (non-hydrogen) atoms. The van der Waals surface area contributed by atoms with Crippen LogP contribution in [0.2, 0.25) is 0 Å². The molecule has 0 aliphatic rings. The van der Waals surface area contributed by atoms with Gasteiger partial charge in [-0.15, -0.1) is 11.3 Å². The van der Waals surface area contributed by atoms with Crippen LogP contribution in [0.3, 0.4) is 0 Å². The van der Waals surface area contributed by atoms with E-state index in [0.717, 1.165) is 16.8 Å². The molecule has 0 spiro atoms. The molecule has 6 heteroatoms. The fraction of sp³-hybridized carbons (Fsp3) is 0.231. The van der Waals surface area contributed by atoms with Gasteiger partial charge >= 0.3 is 0 Å². The average Bonchev–Trinajstić information content (AvgIpc) is 2.82. The Morgan fingerprint density at radius 3 is 2.79 bits per heavy atom. The van der Waals surface area contributed by atoms with Gasteiger partial charge in [0, 0.05) is 35.0 Å². The molecule has 2 rings (SSSR count). The Kier molecular flexibility index (Phi) is 4.55. The van der Waals surface area contributed by atoms with Crippen LogP contribution in [0.15, 0.2) is 34.2 Å². The summed E-state index contributed by atoms with van der Waals surface area (Å²) >= 11 is 5.11. The van der Waals surface area contributed by atoms with Crippen LogP contribution in [0, 0.1) is 0 Å². The summed E-state index contributed by atoms with van der Waals surface area (Å²) in [6.07, 6.45) is 1.59. The van der Waals surface area contributed by atoms with Crippen LogP contribution in [0.4, 0.5) is 5.82 Å². The Hall–Kier alpha value is -1.40. The van der Waals surface area contributed by atoms with E-state index in [2.05, 4.69) is 32.3 Å². The molecule has 0 aromatic carbocycles. The van der Waals surface area contributed by atoms with Gasteiger partial charge in [0.25, 0.3) is 5.91 Å². The molecule has 2 heterocycles. The number of carbonyl (C=O) groups excluding carboxylic acids is 1. The van der Waals surface area contributed by atoms with Gasteiger partial charge < -0.3 is 10.2 Å². The molecular weight excluding hydrogens is 326 g/mol. The summed E-state index contributed by atoms with van der Waals surface area (Å²) < 4.78 is 1.09. The first-order valence-electron chi connectivity index (χ1n) is 5.71. The SMILES string of the molecule is CN(C)C(=O)c1ccc(NCc2cc(Br)cs2)nc1. The van der Waals surface area contributed by atoms with Gasteiger partial charge in [-0.25, -0.2) is 4.98 Å². The quantitative estimate of drug-likeness (QED) is 0.930. The van der Waals surface area contributed by atoms with Gasteiger partial charge in [0.05, 0.1) is 12.1 Å². The second-order valence-electron chi connectivity index (χ2n) is 4.22. The molecule has 2 aromatic rings. The van der Waals surface area contributed by atoms with E-state index < -0.39 is 0 Å². The molecule has 0 aliphatic heterocycles. The zero-order valence-electron chi connectivity index (χ0n) is 10.7. The lowest BCUT2D eigenvalue weighted by Gasteiger charge is -2.10. The minimum absolute atomic E-state index is 0.0405. The van der Waals surface area contributed by atoms with E-state index in [9.17, 15) is 4.79 Å². The summed E-state index contributed by atoms with van der Waals surface area (Å²) in [6, 6.07) is 5.67. The molecule has 0 radical (unpaired) electrons. The zero-order chi connectivity index (χ0) is 13.8. The Balaban J connectivity index is 1.97. The average molecular weight is 340 g/mol. The predicted octanol–water partition coefficient (Wildman–Crippen LogP) is 3.22. The number of thiophene rings is 1. The first-order chi connectivity index (χ1) is 9.06. The van der Waals surface area contributed by atoms with Crippen molar-refractivity contribution >= 4 is 39.0 Å². The van der Waals surface area contributed by atoms with Gasteiger partial charge in [-0.05, 0) is 34.1 Å². The molecule has 2 aromatic heterocycles. The number of carbonyl (C=O) groups is 1. The Bertz CT molecular complexity index is 566. The maximum atomic E-state index is 11.7. The number of hydrogen-bond donors (Lipinski definition) is 1. The lowest BCUT2D eigenvalue weighted by atomic mass is 10.2. The molecule has 0 bridgehead atoms. The van der Waals surface area contributed by atoms with E-state index in [1.165, 1.54) is 9.78 Å². The summed E-state index contributed by atoms with van der Waals surface area (Å²) in [5.41, 5.74) is 0.592. The molecule has 0 fully saturated rings. The van der Waals surface area contributed by atoms with Gasteiger partial charge in [0.2, 0.25) is 0 Å². The molecule has 0 saturated carbocycles. The van der Waals surface area contributed by atoms with Crippen molar-refractivity contribution in [3.63, 3.8) is 0 Å². The molecular formula is C13H14BrN3OS. The smallest absolute Gasteiger partial charge is 0.254 e. The van der Waals surface area contributed by atoms with Crippen molar-refractivity contribution in [2.45, 2.75) is 6.54 Å². The standard InChI is InChI=1S/C13H14BrN3OS/c1-17(2)13(18)9-3-4-12(15-6-9)16-7-11-5-10(14)8-19-11/h3-6,8H,7H2,1-2H3,(H,15,16). The lowest BCUT2D eigenvalue weighted by Crippen LogP contribution is -2.21. The summed E-state index contributed by atoms with van der Waals surface area (Å²) in [5, 5.41) is 5.27. The first kappa shape index (κ1) is 14.0. The highest BCUT2D eigenvalue weighted by Gasteiger charge is 2.07. The van der Waals surface area contributed by atoms with Crippen LogP contribution in [0.1, 0.15) is 15.2 Å². The van der Waals surface area contributed by atoms with Crippen molar-refractivity contribution in [3.05, 3.63) is 44.7 Å². The highest BCUT2D eigenvalue weighted by Crippen LogP contribution is 2.20. The molecule has 1 amide bonds. The van der Waals surface area contributed by atoms with Crippen molar-refractivity contribution in [3.8, 4) is 0 Å². The Morgan fingerprint density at radius 1 is 1.47 bits per heavy atom.